The van der Waals surface area contributed by atoms with Crippen molar-refractivity contribution in [1.29, 1.82) is 0 Å². The fraction of sp³-hybridized carbons (Fsp3) is 0.417. The Bertz CT molecular complexity index is 685. The predicted octanol–water partition coefficient (Wildman–Crippen LogP) is 0.960. The van der Waals surface area contributed by atoms with Crippen molar-refractivity contribution in [3.63, 3.8) is 0 Å². The summed E-state index contributed by atoms with van der Waals surface area (Å²) in [6.07, 6.45) is 2.24. The number of hydrogen-bond acceptors (Lipinski definition) is 3. The van der Waals surface area contributed by atoms with Gasteiger partial charge in [-0.1, -0.05) is 18.2 Å². The van der Waals surface area contributed by atoms with Crippen molar-refractivity contribution in [2.45, 2.75) is 27.2 Å². The van der Waals surface area contributed by atoms with Crippen molar-refractivity contribution in [3.8, 4) is 0 Å². The number of aromatic nitrogens is 4. The summed E-state index contributed by atoms with van der Waals surface area (Å²) in [5, 5.41) is 9.28. The lowest BCUT2D eigenvalue weighted by Gasteiger charge is -2.01. The summed E-state index contributed by atoms with van der Waals surface area (Å²) in [5.41, 5.74) is 1.99. The Morgan fingerprint density at radius 2 is 2.18 bits per heavy atom. The fourth-order valence-electron chi connectivity index (χ4n) is 2.04. The van der Waals surface area contributed by atoms with E-state index in [9.17, 15) is 4.39 Å². The van der Waals surface area contributed by atoms with E-state index >= 15 is 0 Å². The highest BCUT2D eigenvalue weighted by atomic mass is 19.1. The van der Waals surface area contributed by atoms with Crippen molar-refractivity contribution in [2.75, 3.05) is 0 Å². The van der Waals surface area contributed by atoms with Crippen molar-refractivity contribution >= 4 is 23.1 Å². The Morgan fingerprint density at radius 3 is 2.76 bits per heavy atom. The molecule has 0 saturated carbocycles. The van der Waals surface area contributed by atoms with Crippen molar-refractivity contribution in [3.05, 3.63) is 16.1 Å². The number of rotatable bonds is 1. The van der Waals surface area contributed by atoms with E-state index in [2.05, 4.69) is 15.3 Å². The first kappa shape index (κ1) is 11.7. The van der Waals surface area contributed by atoms with E-state index in [1.807, 2.05) is 13.0 Å². The zero-order chi connectivity index (χ0) is 12.6. The normalized spacial score (nSPS) is 14.5. The van der Waals surface area contributed by atoms with Gasteiger partial charge in [0.25, 0.3) is 0 Å². The van der Waals surface area contributed by atoms with Crippen LogP contribution in [-0.2, 0) is 7.05 Å². The molecule has 0 aliphatic heterocycles. The lowest BCUT2D eigenvalue weighted by Crippen LogP contribution is -2.32. The van der Waals surface area contributed by atoms with Gasteiger partial charge < -0.3 is 0 Å². The zero-order valence-corrected chi connectivity index (χ0v) is 10.5. The van der Waals surface area contributed by atoms with E-state index in [1.54, 1.807) is 25.6 Å². The van der Waals surface area contributed by atoms with Crippen LogP contribution in [0, 0.1) is 6.92 Å². The summed E-state index contributed by atoms with van der Waals surface area (Å²) < 4.78 is 15.6. The maximum atomic E-state index is 13.9. The van der Waals surface area contributed by atoms with Crippen LogP contribution in [0.1, 0.15) is 26.0 Å². The summed E-state index contributed by atoms with van der Waals surface area (Å²) in [6.45, 7) is 5.47. The largest absolute Gasteiger partial charge is 0.245 e. The second kappa shape index (κ2) is 4.24. The summed E-state index contributed by atoms with van der Waals surface area (Å²) in [6, 6.07) is 0. The van der Waals surface area contributed by atoms with Gasteiger partial charge in [0.05, 0.1) is 5.69 Å². The third-order valence-corrected chi connectivity index (χ3v) is 2.84. The lowest BCUT2D eigenvalue weighted by atomic mass is 10.1. The average Bonchev–Trinajstić information content (AvgIpc) is 2.68. The van der Waals surface area contributed by atoms with E-state index in [-0.39, 0.29) is 5.83 Å². The summed E-state index contributed by atoms with van der Waals surface area (Å²) in [5.74, 6) is -0.147. The highest BCUT2D eigenvalue weighted by Crippen LogP contribution is 2.04. The molecule has 0 N–H and O–H groups in total. The molecule has 0 fully saturated rings. The maximum absolute atomic E-state index is 13.9. The van der Waals surface area contributed by atoms with Crippen molar-refractivity contribution in [2.24, 2.45) is 7.05 Å². The molecule has 0 radical (unpaired) electrons. The van der Waals surface area contributed by atoms with Crippen LogP contribution < -0.4 is 10.4 Å². The SMILES string of the molecule is C/C=c1\c(=C(\F)CC)c(C)nc2nnn(C)c12. The van der Waals surface area contributed by atoms with Crippen LogP contribution >= 0.6 is 0 Å². The van der Waals surface area contributed by atoms with Gasteiger partial charge >= 0.3 is 0 Å². The van der Waals surface area contributed by atoms with Gasteiger partial charge in [-0.2, -0.15) is 0 Å². The Kier molecular flexibility index (Phi) is 2.92. The minimum Gasteiger partial charge on any atom is -0.245 e. The molecule has 0 atom stereocenters. The van der Waals surface area contributed by atoms with Crippen LogP contribution in [0.25, 0.3) is 23.1 Å². The molecule has 2 rings (SSSR count). The van der Waals surface area contributed by atoms with E-state index in [0.29, 0.717) is 23.0 Å². The molecule has 0 aliphatic rings. The number of fused-ring (bicyclic) bond motifs is 1. The molecular weight excluding hydrogens is 219 g/mol. The van der Waals surface area contributed by atoms with Gasteiger partial charge in [0, 0.05) is 17.5 Å². The van der Waals surface area contributed by atoms with Gasteiger partial charge in [0.1, 0.15) is 11.3 Å². The molecule has 90 valence electrons. The molecule has 4 nitrogen and oxygen atoms in total. The highest BCUT2D eigenvalue weighted by molar-refractivity contribution is 5.72. The third-order valence-electron chi connectivity index (χ3n) is 2.84. The molecule has 0 saturated heterocycles. The van der Waals surface area contributed by atoms with Gasteiger partial charge in [0.2, 0.25) is 5.65 Å². The average molecular weight is 234 g/mol. The van der Waals surface area contributed by atoms with E-state index in [0.717, 1.165) is 10.7 Å². The topological polar surface area (TPSA) is 43.6 Å². The first-order valence-electron chi connectivity index (χ1n) is 5.61. The highest BCUT2D eigenvalue weighted by Gasteiger charge is 2.10. The Hall–Kier alpha value is -1.78. The molecule has 5 heteroatoms. The van der Waals surface area contributed by atoms with Crippen LogP contribution in [0.15, 0.2) is 0 Å². The number of halogens is 1. The number of hydrogen-bond donors (Lipinski definition) is 0. The van der Waals surface area contributed by atoms with Gasteiger partial charge in [-0.25, -0.2) is 14.1 Å². The van der Waals surface area contributed by atoms with Gasteiger partial charge in [0.15, 0.2) is 0 Å². The molecule has 2 aromatic heterocycles. The molecule has 0 amide bonds. The lowest BCUT2D eigenvalue weighted by molar-refractivity contribution is 0.707. The monoisotopic (exact) mass is 234 g/mol. The Balaban J connectivity index is 3.15. The van der Waals surface area contributed by atoms with Crippen LogP contribution in [-0.4, -0.2) is 20.0 Å². The maximum Gasteiger partial charge on any atom is 0.202 e. The first-order chi connectivity index (χ1) is 8.10. The quantitative estimate of drug-likeness (QED) is 0.738. The van der Waals surface area contributed by atoms with Crippen molar-refractivity contribution in [1.82, 2.24) is 20.0 Å². The summed E-state index contributed by atoms with van der Waals surface area (Å²) >= 11 is 0. The Morgan fingerprint density at radius 1 is 1.47 bits per heavy atom. The molecule has 2 heterocycles. The zero-order valence-electron chi connectivity index (χ0n) is 10.5. The minimum atomic E-state index is -0.147. The van der Waals surface area contributed by atoms with Gasteiger partial charge in [-0.05, 0) is 20.3 Å². The number of aryl methyl sites for hydroxylation is 2. The van der Waals surface area contributed by atoms with Crippen LogP contribution in [0.5, 0.6) is 0 Å². The molecule has 0 bridgehead atoms. The molecule has 0 aromatic carbocycles. The van der Waals surface area contributed by atoms with E-state index in [4.69, 9.17) is 0 Å². The standard InChI is InChI=1S/C12H15FN4/c1-5-8-10(9(13)6-2)7(3)14-12-11(8)17(4)16-15-12/h5H,6H2,1-4H3/b8-5+,10-9+. The third kappa shape index (κ3) is 1.71. The summed E-state index contributed by atoms with van der Waals surface area (Å²) in [4.78, 5) is 4.30. The van der Waals surface area contributed by atoms with Gasteiger partial charge in [-0.3, -0.25) is 0 Å². The second-order valence-corrected chi connectivity index (χ2v) is 3.92. The smallest absolute Gasteiger partial charge is 0.202 e. The Labute approximate surface area is 98.5 Å². The number of pyridine rings is 1. The fourth-order valence-corrected chi connectivity index (χ4v) is 2.04. The molecule has 0 unspecified atom stereocenters. The first-order valence-corrected chi connectivity index (χ1v) is 5.61. The van der Waals surface area contributed by atoms with Crippen LogP contribution in [0.2, 0.25) is 0 Å². The molecule has 17 heavy (non-hydrogen) atoms. The second-order valence-electron chi connectivity index (χ2n) is 3.92. The molecule has 2 aromatic rings. The molecule has 0 aliphatic carbocycles. The minimum absolute atomic E-state index is 0.147. The van der Waals surface area contributed by atoms with Crippen LogP contribution in [0.4, 0.5) is 4.39 Å². The summed E-state index contributed by atoms with van der Waals surface area (Å²) in [7, 11) is 1.78. The predicted molar refractivity (Wildman–Crippen MR) is 65.2 cm³/mol. The molecular formula is C12H15FN4. The van der Waals surface area contributed by atoms with Gasteiger partial charge in [-0.15, -0.1) is 5.10 Å². The molecule has 0 spiro atoms. The van der Waals surface area contributed by atoms with Crippen molar-refractivity contribution < 1.29 is 4.39 Å². The van der Waals surface area contributed by atoms with Crippen LogP contribution in [0.3, 0.4) is 0 Å². The van der Waals surface area contributed by atoms with E-state index in [1.165, 1.54) is 0 Å². The van der Waals surface area contributed by atoms with E-state index < -0.39 is 0 Å². The number of nitrogens with zero attached hydrogens (tertiary/aromatic N) is 4.